The molecule has 3 amide bonds. The van der Waals surface area contributed by atoms with Gasteiger partial charge in [0.25, 0.3) is 5.91 Å². The number of thiol groups is 1. The Bertz CT molecular complexity index is 561. The third-order valence-electron chi connectivity index (χ3n) is 6.28. The lowest BCUT2D eigenvalue weighted by Gasteiger charge is -2.31. The molecule has 0 radical (unpaired) electrons. The molecule has 4 fully saturated rings. The van der Waals surface area contributed by atoms with Gasteiger partial charge in [-0.2, -0.15) is 5.06 Å². The van der Waals surface area contributed by atoms with Crippen molar-refractivity contribution < 1.29 is 18.7 Å². The largest absolute Gasteiger partial charge is 0.345 e. The topological polar surface area (TPSA) is 86.4 Å². The molecule has 2 unspecified atom stereocenters. The summed E-state index contributed by atoms with van der Waals surface area (Å²) in [6, 6.07) is -0.0440. The van der Waals surface area contributed by atoms with Crippen LogP contribution < -0.4 is 10.8 Å². The van der Waals surface area contributed by atoms with E-state index >= 15 is 0 Å². The maximum absolute atomic E-state index is 12.5. The summed E-state index contributed by atoms with van der Waals surface area (Å²) in [5.74, 6) is -0.270. The van der Waals surface area contributed by atoms with Gasteiger partial charge in [-0.25, -0.2) is 14.6 Å². The zero-order chi connectivity index (χ0) is 18.8. The Balaban J connectivity index is 1.20. The smallest absolute Gasteiger partial charge is 0.310 e. The molecule has 4 rings (SSSR count). The van der Waals surface area contributed by atoms with Crippen molar-refractivity contribution in [1.82, 2.24) is 25.7 Å². The molecule has 2 bridgehead atoms. The van der Waals surface area contributed by atoms with E-state index in [0.29, 0.717) is 32.0 Å². The third kappa shape index (κ3) is 4.04. The fourth-order valence-corrected chi connectivity index (χ4v) is 4.98. The molecule has 0 aromatic carbocycles. The molecule has 10 heteroatoms. The van der Waals surface area contributed by atoms with Crippen molar-refractivity contribution in [2.75, 3.05) is 32.8 Å². The van der Waals surface area contributed by atoms with Crippen molar-refractivity contribution in [3.8, 4) is 0 Å². The predicted octanol–water partition coefficient (Wildman–Crippen LogP) is 0.296. The van der Waals surface area contributed by atoms with Gasteiger partial charge in [0.2, 0.25) is 0 Å². The molecule has 4 aliphatic heterocycles. The molecule has 4 heterocycles. The van der Waals surface area contributed by atoms with Crippen LogP contribution >= 0.6 is 12.9 Å². The summed E-state index contributed by atoms with van der Waals surface area (Å²) in [7, 11) is 0. The summed E-state index contributed by atoms with van der Waals surface area (Å²) >= 11 is 3.73. The highest BCUT2D eigenvalue weighted by atomic mass is 32.1. The van der Waals surface area contributed by atoms with Gasteiger partial charge in [0.1, 0.15) is 6.04 Å². The second-order valence-corrected chi connectivity index (χ2v) is 8.12. The van der Waals surface area contributed by atoms with Crippen LogP contribution in [0.1, 0.15) is 38.5 Å². The molecule has 9 nitrogen and oxygen atoms in total. The lowest BCUT2D eigenvalue weighted by Crippen LogP contribution is -2.50. The normalized spacial score (nSPS) is 34.3. The minimum absolute atomic E-state index is 0.0330. The van der Waals surface area contributed by atoms with Crippen LogP contribution in [-0.2, 0) is 13.9 Å². The lowest BCUT2D eigenvalue weighted by atomic mass is 10.0. The number of carbonyl (C=O) groups excluding carboxylic acids is 2. The van der Waals surface area contributed by atoms with Crippen molar-refractivity contribution in [2.24, 2.45) is 0 Å². The highest BCUT2D eigenvalue weighted by Crippen LogP contribution is 2.30. The van der Waals surface area contributed by atoms with Crippen LogP contribution in [0.25, 0.3) is 0 Å². The number of amides is 3. The first kappa shape index (κ1) is 19.3. The van der Waals surface area contributed by atoms with Crippen LogP contribution in [0.3, 0.4) is 0 Å². The average molecular weight is 400 g/mol. The molecule has 0 aromatic rings. The molecule has 0 aliphatic carbocycles. The maximum atomic E-state index is 12.5. The highest BCUT2D eigenvalue weighted by Gasteiger charge is 2.48. The second-order valence-electron chi connectivity index (χ2n) is 7.96. The Kier molecular flexibility index (Phi) is 6.08. The number of fused-ring (bicyclic) bond motifs is 2. The number of nitrogens with zero attached hydrogens (tertiary/aromatic N) is 3. The number of rotatable bonds is 6. The summed E-state index contributed by atoms with van der Waals surface area (Å²) in [4.78, 5) is 34.3. The van der Waals surface area contributed by atoms with Crippen LogP contribution in [0.15, 0.2) is 0 Å². The third-order valence-corrected chi connectivity index (χ3v) is 6.45. The van der Waals surface area contributed by atoms with Gasteiger partial charge < -0.3 is 10.2 Å². The van der Waals surface area contributed by atoms with E-state index in [4.69, 9.17) is 9.12 Å². The summed E-state index contributed by atoms with van der Waals surface area (Å²) in [6.07, 6.45) is 6.27. The molecule has 0 aromatic heterocycles. The van der Waals surface area contributed by atoms with Crippen LogP contribution in [0.2, 0.25) is 0 Å². The van der Waals surface area contributed by atoms with Crippen LogP contribution in [0, 0.1) is 0 Å². The first-order chi connectivity index (χ1) is 13.2. The monoisotopic (exact) mass is 399 g/mol. The summed E-state index contributed by atoms with van der Waals surface area (Å²) in [5.41, 5.74) is 2.55. The number of nitrogens with one attached hydrogen (secondary N) is 2. The van der Waals surface area contributed by atoms with E-state index in [1.54, 1.807) is 0 Å². The number of hydrogen-bond donors (Lipinski definition) is 3. The Morgan fingerprint density at radius 1 is 1.22 bits per heavy atom. The van der Waals surface area contributed by atoms with E-state index in [2.05, 4.69) is 28.6 Å². The first-order valence-corrected chi connectivity index (χ1v) is 10.3. The van der Waals surface area contributed by atoms with Gasteiger partial charge in [-0.3, -0.25) is 14.5 Å². The minimum Gasteiger partial charge on any atom is -0.310 e. The van der Waals surface area contributed by atoms with Crippen molar-refractivity contribution in [3.05, 3.63) is 0 Å². The van der Waals surface area contributed by atoms with Crippen LogP contribution in [-0.4, -0.2) is 83.8 Å². The van der Waals surface area contributed by atoms with Crippen molar-refractivity contribution >= 4 is 24.8 Å². The molecule has 4 atom stereocenters. The quantitative estimate of drug-likeness (QED) is 0.338. The Morgan fingerprint density at radius 3 is 2.81 bits per heavy atom. The molecule has 4 saturated heterocycles. The molecule has 0 spiro atoms. The number of urea groups is 1. The van der Waals surface area contributed by atoms with E-state index < -0.39 is 6.04 Å². The summed E-state index contributed by atoms with van der Waals surface area (Å²) in [6.45, 7) is 4.28. The maximum Gasteiger partial charge on any atom is 0.345 e. The summed E-state index contributed by atoms with van der Waals surface area (Å²) in [5, 5.41) is 4.73. The van der Waals surface area contributed by atoms with Crippen molar-refractivity contribution in [3.63, 3.8) is 0 Å². The predicted molar refractivity (Wildman–Crippen MR) is 101 cm³/mol. The van der Waals surface area contributed by atoms with Crippen LogP contribution in [0.4, 0.5) is 4.79 Å². The lowest BCUT2D eigenvalue weighted by molar-refractivity contribution is -0.139. The van der Waals surface area contributed by atoms with Gasteiger partial charge in [-0.1, -0.05) is 6.42 Å². The minimum atomic E-state index is -0.514. The SMILES string of the molecule is O=C(NOC[C@H]1C[C@@H](N2CCCCC2)CN1)C1CCC2CN1C(=O)N2OS. The van der Waals surface area contributed by atoms with E-state index in [-0.39, 0.29) is 24.0 Å². The molecule has 27 heavy (non-hydrogen) atoms. The molecular formula is C17H29N5O4S. The Labute approximate surface area is 165 Å². The van der Waals surface area contributed by atoms with E-state index in [1.165, 1.54) is 42.3 Å². The standard InChI is InChI=1S/C17H29N5O4S/c23-16(15-5-4-13-10-21(15)17(24)22(13)26-27)19-25-11-12-8-14(9-18-12)20-6-2-1-3-7-20/h12-15,18,27H,1-11H2,(H,19,23)/t12-,13?,14-,15?/m1/s1. The molecule has 0 saturated carbocycles. The molecule has 152 valence electrons. The molecule has 2 N–H and O–H groups in total. The molecular weight excluding hydrogens is 370 g/mol. The number of carbonyl (C=O) groups is 2. The van der Waals surface area contributed by atoms with E-state index in [0.717, 1.165) is 13.0 Å². The number of hydroxylamine groups is 3. The zero-order valence-corrected chi connectivity index (χ0v) is 16.4. The average Bonchev–Trinajstić information content (AvgIpc) is 3.26. The van der Waals surface area contributed by atoms with Gasteiger partial charge in [0.15, 0.2) is 0 Å². The number of piperidine rings is 2. The van der Waals surface area contributed by atoms with Gasteiger partial charge >= 0.3 is 6.03 Å². The highest BCUT2D eigenvalue weighted by molar-refractivity contribution is 7.75. The number of hydrogen-bond acceptors (Lipinski definition) is 7. The van der Waals surface area contributed by atoms with Crippen molar-refractivity contribution in [1.29, 1.82) is 0 Å². The fourth-order valence-electron chi connectivity index (χ4n) is 4.78. The van der Waals surface area contributed by atoms with E-state index in [9.17, 15) is 9.59 Å². The van der Waals surface area contributed by atoms with Gasteiger partial charge in [0.05, 0.1) is 12.6 Å². The molecule has 4 aliphatic rings. The Morgan fingerprint density at radius 2 is 2.04 bits per heavy atom. The van der Waals surface area contributed by atoms with Gasteiger partial charge in [0, 0.05) is 38.1 Å². The first-order valence-electron chi connectivity index (χ1n) is 9.98. The zero-order valence-electron chi connectivity index (χ0n) is 15.5. The van der Waals surface area contributed by atoms with Crippen LogP contribution in [0.5, 0.6) is 0 Å². The summed E-state index contributed by atoms with van der Waals surface area (Å²) < 4.78 is 4.84. The fraction of sp³-hybridized carbons (Fsp3) is 0.882. The van der Waals surface area contributed by atoms with Gasteiger partial charge in [-0.15, -0.1) is 0 Å². The van der Waals surface area contributed by atoms with Crippen molar-refractivity contribution in [2.45, 2.75) is 62.7 Å². The van der Waals surface area contributed by atoms with Gasteiger partial charge in [-0.05, 0) is 45.2 Å². The number of likely N-dealkylation sites (tertiary alicyclic amines) is 1. The Hall–Kier alpha value is -1.07. The van der Waals surface area contributed by atoms with E-state index in [1.807, 2.05) is 0 Å². The second kappa shape index (κ2) is 8.52.